The van der Waals surface area contributed by atoms with Gasteiger partial charge in [-0.3, -0.25) is 4.79 Å². The maximum Gasteiger partial charge on any atom is 0.233 e. The normalized spacial score (nSPS) is 15.1. The van der Waals surface area contributed by atoms with Crippen LogP contribution in [0.15, 0.2) is 16.1 Å². The van der Waals surface area contributed by atoms with E-state index in [1.54, 1.807) is 13.8 Å². The van der Waals surface area contributed by atoms with Gasteiger partial charge < -0.3 is 20.8 Å². The highest BCUT2D eigenvalue weighted by Crippen LogP contribution is 2.21. The van der Waals surface area contributed by atoms with Crippen LogP contribution in [-0.2, 0) is 11.2 Å². The van der Waals surface area contributed by atoms with E-state index in [2.05, 4.69) is 25.1 Å². The van der Waals surface area contributed by atoms with E-state index >= 15 is 0 Å². The second kappa shape index (κ2) is 5.99. The Labute approximate surface area is 104 Å². The third kappa shape index (κ3) is 2.96. The zero-order chi connectivity index (χ0) is 13.6. The highest BCUT2D eigenvalue weighted by atomic mass is 16.5. The van der Waals surface area contributed by atoms with E-state index in [9.17, 15) is 4.79 Å². The van der Waals surface area contributed by atoms with Gasteiger partial charge in [-0.15, -0.1) is 0 Å². The molecule has 1 rings (SSSR count). The van der Waals surface area contributed by atoms with Crippen molar-refractivity contribution in [1.82, 2.24) is 15.5 Å². The summed E-state index contributed by atoms with van der Waals surface area (Å²) in [5, 5.41) is 17.9. The summed E-state index contributed by atoms with van der Waals surface area (Å²) < 4.78 is 4.57. The number of nitrogens with zero attached hydrogens (tertiary/aromatic N) is 3. The molecule has 1 aromatic heterocycles. The third-order valence-corrected chi connectivity index (χ3v) is 2.92. The first-order valence-electron chi connectivity index (χ1n) is 5.56. The summed E-state index contributed by atoms with van der Waals surface area (Å²) in [6.45, 7) is 3.76. The van der Waals surface area contributed by atoms with Crippen LogP contribution >= 0.6 is 0 Å². The van der Waals surface area contributed by atoms with Crippen LogP contribution in [0, 0.1) is 5.41 Å². The van der Waals surface area contributed by atoms with E-state index in [1.807, 2.05) is 0 Å². The van der Waals surface area contributed by atoms with E-state index < -0.39 is 5.41 Å². The number of nitrogens with two attached hydrogens (primary N) is 1. The zero-order valence-electron chi connectivity index (χ0n) is 10.4. The number of hydrogen-bond donors (Lipinski definition) is 3. The Morgan fingerprint density at radius 2 is 2.44 bits per heavy atom. The number of aromatic nitrogens is 2. The molecule has 1 amide bonds. The smallest absolute Gasteiger partial charge is 0.233 e. The molecule has 18 heavy (non-hydrogen) atoms. The van der Waals surface area contributed by atoms with Gasteiger partial charge >= 0.3 is 0 Å². The summed E-state index contributed by atoms with van der Waals surface area (Å²) >= 11 is 0. The van der Waals surface area contributed by atoms with Gasteiger partial charge in [0.25, 0.3) is 0 Å². The highest BCUT2D eigenvalue weighted by Gasteiger charge is 2.36. The van der Waals surface area contributed by atoms with Crippen molar-refractivity contribution in [3.8, 4) is 0 Å². The van der Waals surface area contributed by atoms with Crippen molar-refractivity contribution in [3.63, 3.8) is 0 Å². The predicted octanol–water partition coefficient (Wildman–Crippen LogP) is -0.109. The number of nitrogens with one attached hydrogen (secondary N) is 1. The molecule has 0 aliphatic carbocycles. The van der Waals surface area contributed by atoms with Gasteiger partial charge in [-0.1, -0.05) is 17.2 Å². The number of amidine groups is 1. The standard InChI is InChI=1S/C10H17N5O3/c1-3-10(2,8(11)14-17)9(16)12-5-4-7-13-6-18-15-7/h6,17H,3-5H2,1-2H3,(H2,11,14)(H,12,16). The molecule has 0 radical (unpaired) electrons. The van der Waals surface area contributed by atoms with Crippen LogP contribution in [0.25, 0.3) is 0 Å². The Balaban J connectivity index is 2.53. The van der Waals surface area contributed by atoms with Crippen LogP contribution in [0.1, 0.15) is 26.1 Å². The Morgan fingerprint density at radius 1 is 1.72 bits per heavy atom. The summed E-state index contributed by atoms with van der Waals surface area (Å²) in [4.78, 5) is 15.8. The number of hydrogen-bond acceptors (Lipinski definition) is 6. The van der Waals surface area contributed by atoms with Gasteiger partial charge in [0.2, 0.25) is 12.3 Å². The maximum absolute atomic E-state index is 12.0. The molecule has 1 atom stereocenters. The fourth-order valence-corrected chi connectivity index (χ4v) is 1.35. The van der Waals surface area contributed by atoms with Crippen LogP contribution < -0.4 is 11.1 Å². The van der Waals surface area contributed by atoms with Gasteiger partial charge in [0.05, 0.1) is 0 Å². The molecule has 0 aliphatic rings. The van der Waals surface area contributed by atoms with Crippen LogP contribution in [0.5, 0.6) is 0 Å². The van der Waals surface area contributed by atoms with E-state index in [4.69, 9.17) is 10.9 Å². The van der Waals surface area contributed by atoms with Crippen molar-refractivity contribution in [1.29, 1.82) is 0 Å². The minimum absolute atomic E-state index is 0.109. The Morgan fingerprint density at radius 3 is 2.94 bits per heavy atom. The minimum atomic E-state index is -1.02. The Hall–Kier alpha value is -2.12. The fourth-order valence-electron chi connectivity index (χ4n) is 1.35. The summed E-state index contributed by atoms with van der Waals surface area (Å²) in [7, 11) is 0. The molecule has 0 aromatic carbocycles. The predicted molar refractivity (Wildman–Crippen MR) is 62.8 cm³/mol. The van der Waals surface area contributed by atoms with Crippen LogP contribution in [-0.4, -0.2) is 33.6 Å². The second-order valence-electron chi connectivity index (χ2n) is 4.02. The Kier molecular flexibility index (Phi) is 4.64. The van der Waals surface area contributed by atoms with Gasteiger partial charge in [-0.2, -0.15) is 4.98 Å². The quantitative estimate of drug-likeness (QED) is 0.282. The van der Waals surface area contributed by atoms with Crippen molar-refractivity contribution in [3.05, 3.63) is 12.2 Å². The molecule has 0 saturated carbocycles. The number of amides is 1. The average molecular weight is 255 g/mol. The third-order valence-electron chi connectivity index (χ3n) is 2.92. The molecule has 0 aliphatic heterocycles. The minimum Gasteiger partial charge on any atom is -0.409 e. The van der Waals surface area contributed by atoms with E-state index in [-0.39, 0.29) is 11.7 Å². The molecule has 1 unspecified atom stereocenters. The molecule has 0 spiro atoms. The van der Waals surface area contributed by atoms with Crippen molar-refractivity contribution in [2.24, 2.45) is 16.3 Å². The van der Waals surface area contributed by atoms with Crippen molar-refractivity contribution >= 4 is 11.7 Å². The summed E-state index contributed by atoms with van der Waals surface area (Å²) in [6.07, 6.45) is 2.11. The summed E-state index contributed by atoms with van der Waals surface area (Å²) in [5.41, 5.74) is 4.51. The zero-order valence-corrected chi connectivity index (χ0v) is 10.4. The van der Waals surface area contributed by atoms with Crippen LogP contribution in [0.3, 0.4) is 0 Å². The van der Waals surface area contributed by atoms with Gasteiger partial charge in [0.15, 0.2) is 11.7 Å². The lowest BCUT2D eigenvalue weighted by Crippen LogP contribution is -2.48. The first kappa shape index (κ1) is 13.9. The van der Waals surface area contributed by atoms with Crippen molar-refractivity contribution in [2.45, 2.75) is 26.7 Å². The van der Waals surface area contributed by atoms with Crippen LogP contribution in [0.2, 0.25) is 0 Å². The molecule has 1 heterocycles. The SMILES string of the molecule is CCC(C)(C(=O)NCCc1ncon1)C(N)=NO. The monoisotopic (exact) mass is 255 g/mol. The first-order chi connectivity index (χ1) is 8.54. The van der Waals surface area contributed by atoms with Gasteiger partial charge in [-0.05, 0) is 13.3 Å². The van der Waals surface area contributed by atoms with Crippen LogP contribution in [0.4, 0.5) is 0 Å². The van der Waals surface area contributed by atoms with Gasteiger partial charge in [-0.25, -0.2) is 0 Å². The lowest BCUT2D eigenvalue weighted by molar-refractivity contribution is -0.127. The van der Waals surface area contributed by atoms with Gasteiger partial charge in [0, 0.05) is 13.0 Å². The van der Waals surface area contributed by atoms with Gasteiger partial charge in [0.1, 0.15) is 5.41 Å². The van der Waals surface area contributed by atoms with E-state index in [1.165, 1.54) is 6.39 Å². The summed E-state index contributed by atoms with van der Waals surface area (Å²) in [6, 6.07) is 0. The molecule has 0 fully saturated rings. The number of oxime groups is 1. The lowest BCUT2D eigenvalue weighted by atomic mass is 9.85. The number of carbonyl (C=O) groups is 1. The molecule has 0 saturated heterocycles. The van der Waals surface area contributed by atoms with E-state index in [0.29, 0.717) is 25.2 Å². The van der Waals surface area contributed by atoms with E-state index in [0.717, 1.165) is 0 Å². The van der Waals surface area contributed by atoms with Crippen molar-refractivity contribution < 1.29 is 14.5 Å². The Bertz CT molecular complexity index is 417. The largest absolute Gasteiger partial charge is 0.409 e. The molecule has 0 bridgehead atoms. The molecular formula is C10H17N5O3. The molecule has 8 nitrogen and oxygen atoms in total. The average Bonchev–Trinajstić information content (AvgIpc) is 2.89. The lowest BCUT2D eigenvalue weighted by Gasteiger charge is -2.25. The molecule has 100 valence electrons. The highest BCUT2D eigenvalue weighted by molar-refractivity contribution is 6.06. The van der Waals surface area contributed by atoms with Crippen molar-refractivity contribution in [2.75, 3.05) is 6.54 Å². The number of carbonyl (C=O) groups excluding carboxylic acids is 1. The topological polar surface area (TPSA) is 127 Å². The molecular weight excluding hydrogens is 238 g/mol. The first-order valence-corrected chi connectivity index (χ1v) is 5.56. The fraction of sp³-hybridized carbons (Fsp3) is 0.600. The molecule has 4 N–H and O–H groups in total. The summed E-state index contributed by atoms with van der Waals surface area (Å²) in [5.74, 6) is 0.100. The molecule has 8 heteroatoms. The number of rotatable bonds is 6. The molecule has 1 aromatic rings. The maximum atomic E-state index is 12.0. The second-order valence-corrected chi connectivity index (χ2v) is 4.02.